The summed E-state index contributed by atoms with van der Waals surface area (Å²) in [5, 5.41) is -0.543. The van der Waals surface area contributed by atoms with Crippen molar-refractivity contribution in [2.24, 2.45) is 0 Å². The van der Waals surface area contributed by atoms with Crippen LogP contribution in [-0.2, 0) is 0 Å². The molecule has 0 fully saturated rings. The van der Waals surface area contributed by atoms with E-state index in [2.05, 4.69) is 0 Å². The molecule has 0 aliphatic carbocycles. The van der Waals surface area contributed by atoms with Gasteiger partial charge in [-0.3, -0.25) is 0 Å². The van der Waals surface area contributed by atoms with Gasteiger partial charge in [0.2, 0.25) is 0 Å². The molecule has 0 aliphatic heterocycles. The topological polar surface area (TPSA) is 0 Å². The number of hydrogen-bond acceptors (Lipinski definition) is 1. The molecule has 1 aromatic carbocycles. The molecular formula is C7H2ClF5S. The molecule has 0 amide bonds. The van der Waals surface area contributed by atoms with Crippen LogP contribution in [0.15, 0.2) is 17.0 Å². The molecule has 7 heteroatoms. The van der Waals surface area contributed by atoms with Crippen LogP contribution in [0, 0.1) is 11.6 Å². The van der Waals surface area contributed by atoms with Crippen molar-refractivity contribution >= 4 is 23.4 Å². The molecule has 0 bridgehead atoms. The van der Waals surface area contributed by atoms with Crippen LogP contribution < -0.4 is 0 Å². The summed E-state index contributed by atoms with van der Waals surface area (Å²) in [7, 11) is 0. The molecule has 0 saturated carbocycles. The molecule has 1 rings (SSSR count). The zero-order chi connectivity index (χ0) is 10.9. The predicted octanol–water partition coefficient (Wildman–Crippen LogP) is 4.23. The molecule has 0 heterocycles. The Kier molecular flexibility index (Phi) is 3.26. The Morgan fingerprint density at radius 3 is 2.21 bits per heavy atom. The third-order valence-electron chi connectivity index (χ3n) is 1.22. The van der Waals surface area contributed by atoms with Gasteiger partial charge in [0, 0.05) is 0 Å². The normalized spacial score (nSPS) is 11.9. The zero-order valence-electron chi connectivity index (χ0n) is 6.33. The number of thioether (sulfide) groups is 1. The lowest BCUT2D eigenvalue weighted by Gasteiger charge is -2.07. The molecule has 0 saturated heterocycles. The van der Waals surface area contributed by atoms with E-state index in [9.17, 15) is 22.0 Å². The Morgan fingerprint density at radius 2 is 1.71 bits per heavy atom. The Balaban J connectivity index is 3.13. The monoisotopic (exact) mass is 248 g/mol. The number of alkyl halides is 3. The van der Waals surface area contributed by atoms with Gasteiger partial charge in [-0.1, -0.05) is 11.6 Å². The van der Waals surface area contributed by atoms with Crippen molar-refractivity contribution in [1.29, 1.82) is 0 Å². The summed E-state index contributed by atoms with van der Waals surface area (Å²) in [4.78, 5) is -1.13. The highest BCUT2D eigenvalue weighted by molar-refractivity contribution is 8.00. The fourth-order valence-corrected chi connectivity index (χ4v) is 1.53. The summed E-state index contributed by atoms with van der Waals surface area (Å²) in [6.45, 7) is 0. The molecule has 0 unspecified atom stereocenters. The molecular weight excluding hydrogens is 247 g/mol. The largest absolute Gasteiger partial charge is 0.446 e. The van der Waals surface area contributed by atoms with Gasteiger partial charge in [0.15, 0.2) is 5.82 Å². The number of halogens is 6. The first-order chi connectivity index (χ1) is 6.31. The summed E-state index contributed by atoms with van der Waals surface area (Å²) in [5.41, 5.74) is -4.74. The van der Waals surface area contributed by atoms with Crippen LogP contribution in [0.2, 0.25) is 5.02 Å². The third kappa shape index (κ3) is 2.75. The van der Waals surface area contributed by atoms with E-state index in [1.54, 1.807) is 0 Å². The number of rotatable bonds is 1. The standard InChI is InChI=1S/C7H2ClF5S/c8-3-1-2-4(9)6(5(3)10)14-7(11,12)13/h1-2H. The van der Waals surface area contributed by atoms with Crippen LogP contribution in [0.3, 0.4) is 0 Å². The second-order valence-electron chi connectivity index (χ2n) is 2.22. The molecule has 14 heavy (non-hydrogen) atoms. The van der Waals surface area contributed by atoms with Gasteiger partial charge in [0.25, 0.3) is 0 Å². The lowest BCUT2D eigenvalue weighted by Crippen LogP contribution is -2.02. The number of hydrogen-bond donors (Lipinski definition) is 0. The molecule has 0 N–H and O–H groups in total. The first-order valence-electron chi connectivity index (χ1n) is 3.20. The van der Waals surface area contributed by atoms with Crippen molar-refractivity contribution in [2.45, 2.75) is 10.4 Å². The minimum absolute atomic E-state index is 0.543. The zero-order valence-corrected chi connectivity index (χ0v) is 7.90. The summed E-state index contributed by atoms with van der Waals surface area (Å²) in [5.74, 6) is -2.68. The van der Waals surface area contributed by atoms with Gasteiger partial charge < -0.3 is 0 Å². The van der Waals surface area contributed by atoms with Gasteiger partial charge >= 0.3 is 5.51 Å². The maximum atomic E-state index is 12.9. The highest BCUT2D eigenvalue weighted by atomic mass is 35.5. The average Bonchev–Trinajstić information content (AvgIpc) is 2.04. The lowest BCUT2D eigenvalue weighted by atomic mass is 10.3. The smallest absolute Gasteiger partial charge is 0.206 e. The van der Waals surface area contributed by atoms with Crippen molar-refractivity contribution in [1.82, 2.24) is 0 Å². The van der Waals surface area contributed by atoms with Crippen LogP contribution in [0.4, 0.5) is 22.0 Å². The van der Waals surface area contributed by atoms with Crippen molar-refractivity contribution in [2.75, 3.05) is 0 Å². The first-order valence-corrected chi connectivity index (χ1v) is 4.40. The van der Waals surface area contributed by atoms with Gasteiger partial charge in [0.1, 0.15) is 5.82 Å². The van der Waals surface area contributed by atoms with E-state index in [4.69, 9.17) is 11.6 Å². The van der Waals surface area contributed by atoms with E-state index in [0.29, 0.717) is 6.07 Å². The van der Waals surface area contributed by atoms with Crippen molar-refractivity contribution in [3.05, 3.63) is 28.8 Å². The van der Waals surface area contributed by atoms with Gasteiger partial charge in [-0.05, 0) is 23.9 Å². The molecule has 0 aliphatic rings. The lowest BCUT2D eigenvalue weighted by molar-refractivity contribution is -0.0330. The van der Waals surface area contributed by atoms with Gasteiger partial charge in [-0.25, -0.2) is 8.78 Å². The maximum Gasteiger partial charge on any atom is 0.446 e. The highest BCUT2D eigenvalue weighted by Gasteiger charge is 2.33. The predicted molar refractivity (Wildman–Crippen MR) is 43.3 cm³/mol. The molecule has 0 atom stereocenters. The van der Waals surface area contributed by atoms with E-state index < -0.39 is 38.8 Å². The summed E-state index contributed by atoms with van der Waals surface area (Å²) in [6, 6.07) is 1.53. The van der Waals surface area contributed by atoms with Crippen LogP contribution >= 0.6 is 23.4 Å². The number of benzene rings is 1. The summed E-state index contributed by atoms with van der Waals surface area (Å²) >= 11 is 4.33. The molecule has 0 spiro atoms. The van der Waals surface area contributed by atoms with E-state index >= 15 is 0 Å². The minimum Gasteiger partial charge on any atom is -0.206 e. The Hall–Kier alpha value is -0.490. The molecule has 0 nitrogen and oxygen atoms in total. The maximum absolute atomic E-state index is 12.9. The van der Waals surface area contributed by atoms with E-state index in [1.807, 2.05) is 0 Å². The molecule has 1 aromatic rings. The van der Waals surface area contributed by atoms with E-state index in [1.165, 1.54) is 0 Å². The fourth-order valence-electron chi connectivity index (χ4n) is 0.718. The van der Waals surface area contributed by atoms with E-state index in [-0.39, 0.29) is 0 Å². The molecule has 78 valence electrons. The van der Waals surface area contributed by atoms with Gasteiger partial charge in [-0.2, -0.15) is 13.2 Å². The van der Waals surface area contributed by atoms with Crippen molar-refractivity contribution < 1.29 is 22.0 Å². The average molecular weight is 249 g/mol. The molecule has 0 radical (unpaired) electrons. The highest BCUT2D eigenvalue weighted by Crippen LogP contribution is 2.40. The Labute approximate surface area is 85.1 Å². The van der Waals surface area contributed by atoms with E-state index in [0.717, 1.165) is 6.07 Å². The van der Waals surface area contributed by atoms with Crippen LogP contribution in [-0.4, -0.2) is 5.51 Å². The van der Waals surface area contributed by atoms with Gasteiger partial charge in [0.05, 0.1) is 9.92 Å². The van der Waals surface area contributed by atoms with Crippen LogP contribution in [0.25, 0.3) is 0 Å². The Morgan fingerprint density at radius 1 is 1.14 bits per heavy atom. The summed E-state index contributed by atoms with van der Waals surface area (Å²) < 4.78 is 61.1. The van der Waals surface area contributed by atoms with Crippen molar-refractivity contribution in [3.63, 3.8) is 0 Å². The summed E-state index contributed by atoms with van der Waals surface area (Å²) in [6.07, 6.45) is 0. The van der Waals surface area contributed by atoms with Crippen LogP contribution in [0.5, 0.6) is 0 Å². The second-order valence-corrected chi connectivity index (χ2v) is 3.70. The third-order valence-corrected chi connectivity index (χ3v) is 2.32. The SMILES string of the molecule is Fc1ccc(Cl)c(F)c1SC(F)(F)F. The van der Waals surface area contributed by atoms with Gasteiger partial charge in [-0.15, -0.1) is 0 Å². The fraction of sp³-hybridized carbons (Fsp3) is 0.143. The van der Waals surface area contributed by atoms with Crippen LogP contribution in [0.1, 0.15) is 0 Å². The minimum atomic E-state index is -4.74. The Bertz CT molecular complexity index is 349. The first kappa shape index (κ1) is 11.6. The second kappa shape index (κ2) is 3.94. The molecule has 0 aromatic heterocycles. The van der Waals surface area contributed by atoms with Crippen molar-refractivity contribution in [3.8, 4) is 0 Å². The quantitative estimate of drug-likeness (QED) is 0.407.